The number of hydrogen-bond acceptors (Lipinski definition) is 4. The normalized spacial score (nSPS) is 27.1. The fraction of sp³-hybridized carbons (Fsp3) is 0.476. The monoisotopic (exact) mass is 405 g/mol. The molecule has 0 aromatic heterocycles. The Labute approximate surface area is 166 Å². The second-order valence-electron chi connectivity index (χ2n) is 7.35. The van der Waals surface area contributed by atoms with Crippen LogP contribution in [0.3, 0.4) is 0 Å². The van der Waals surface area contributed by atoms with Gasteiger partial charge in [0.2, 0.25) is 10.0 Å². The highest BCUT2D eigenvalue weighted by molar-refractivity contribution is 7.92. The first kappa shape index (κ1) is 20.8. The molecule has 7 heteroatoms. The van der Waals surface area contributed by atoms with E-state index in [0.717, 1.165) is 24.8 Å². The average Bonchev–Trinajstić information content (AvgIpc) is 3.26. The highest BCUT2D eigenvalue weighted by atomic mass is 32.2. The largest absolute Gasteiger partial charge is 0.481 e. The van der Waals surface area contributed by atoms with Crippen LogP contribution in [-0.4, -0.2) is 37.7 Å². The van der Waals surface area contributed by atoms with Gasteiger partial charge in [0.1, 0.15) is 0 Å². The maximum atomic E-state index is 12.5. The molecule has 0 aliphatic carbocycles. The Morgan fingerprint density at radius 1 is 1.18 bits per heavy atom. The summed E-state index contributed by atoms with van der Waals surface area (Å²) in [6.45, 7) is 0. The van der Waals surface area contributed by atoms with E-state index in [1.807, 2.05) is 42.5 Å². The highest BCUT2D eigenvalue weighted by Crippen LogP contribution is 2.41. The van der Waals surface area contributed by atoms with Crippen LogP contribution in [-0.2, 0) is 19.6 Å². The lowest BCUT2D eigenvalue weighted by Crippen LogP contribution is -2.46. The number of carboxylic acid groups (broad SMARTS) is 1. The molecule has 1 aromatic rings. The Morgan fingerprint density at radius 2 is 1.93 bits per heavy atom. The van der Waals surface area contributed by atoms with Crippen molar-refractivity contribution in [2.24, 2.45) is 5.92 Å². The van der Waals surface area contributed by atoms with Crippen molar-refractivity contribution >= 4 is 22.1 Å². The molecule has 2 N–H and O–H groups in total. The molecule has 2 aliphatic rings. The number of ether oxygens (including phenoxy) is 1. The van der Waals surface area contributed by atoms with Gasteiger partial charge in [-0.3, -0.25) is 4.79 Å². The zero-order chi connectivity index (χ0) is 20.0. The fourth-order valence-corrected chi connectivity index (χ4v) is 5.06. The molecule has 3 rings (SSSR count). The molecule has 2 saturated heterocycles. The van der Waals surface area contributed by atoms with Crippen LogP contribution >= 0.6 is 0 Å². The second-order valence-corrected chi connectivity index (χ2v) is 8.95. The topological polar surface area (TPSA) is 92.7 Å². The molecule has 0 saturated carbocycles. The second kappa shape index (κ2) is 9.49. The summed E-state index contributed by atoms with van der Waals surface area (Å²) in [5.74, 6) is -0.678. The van der Waals surface area contributed by atoms with Crippen LogP contribution in [0.2, 0.25) is 0 Å². The minimum atomic E-state index is -3.57. The third-order valence-electron chi connectivity index (χ3n) is 5.30. The molecule has 6 nitrogen and oxygen atoms in total. The van der Waals surface area contributed by atoms with E-state index >= 15 is 0 Å². The van der Waals surface area contributed by atoms with Gasteiger partial charge in [0.25, 0.3) is 0 Å². The number of hydrogen-bond donors (Lipinski definition) is 2. The maximum absolute atomic E-state index is 12.5. The summed E-state index contributed by atoms with van der Waals surface area (Å²) in [5.41, 5.74) is 0.831. The number of benzene rings is 1. The Balaban J connectivity index is 1.57. The van der Waals surface area contributed by atoms with Crippen molar-refractivity contribution in [1.82, 2.24) is 4.72 Å². The van der Waals surface area contributed by atoms with Crippen LogP contribution in [0.25, 0.3) is 6.08 Å². The van der Waals surface area contributed by atoms with Crippen LogP contribution in [0.1, 0.15) is 44.1 Å². The number of allylic oxidation sites excluding steroid dienone is 2. The molecule has 0 radical (unpaired) electrons. The Kier molecular flexibility index (Phi) is 7.04. The third-order valence-corrected chi connectivity index (χ3v) is 6.40. The first-order chi connectivity index (χ1) is 13.4. The van der Waals surface area contributed by atoms with Gasteiger partial charge < -0.3 is 9.84 Å². The summed E-state index contributed by atoms with van der Waals surface area (Å²) in [4.78, 5) is 10.5. The van der Waals surface area contributed by atoms with Crippen LogP contribution < -0.4 is 4.72 Å². The van der Waals surface area contributed by atoms with E-state index in [0.29, 0.717) is 12.8 Å². The van der Waals surface area contributed by atoms with E-state index in [9.17, 15) is 13.2 Å². The SMILES string of the molecule is O=C(O)CCCC=CCC1C2CCC(O2)C1NS(=O)(=O)C=Cc1ccccc1. The molecule has 2 bridgehead atoms. The number of carbonyl (C=O) groups is 1. The lowest BCUT2D eigenvalue weighted by Gasteiger charge is -2.27. The summed E-state index contributed by atoms with van der Waals surface area (Å²) in [5, 5.41) is 9.88. The molecule has 152 valence electrons. The molecule has 0 spiro atoms. The fourth-order valence-electron chi connectivity index (χ4n) is 3.94. The van der Waals surface area contributed by atoms with E-state index in [1.165, 1.54) is 5.41 Å². The molecule has 2 aliphatic heterocycles. The number of carboxylic acids is 1. The van der Waals surface area contributed by atoms with E-state index in [4.69, 9.17) is 9.84 Å². The molecular weight excluding hydrogens is 378 g/mol. The van der Waals surface area contributed by atoms with Crippen LogP contribution in [0.4, 0.5) is 0 Å². The predicted octanol–water partition coefficient (Wildman–Crippen LogP) is 3.32. The quantitative estimate of drug-likeness (QED) is 0.460. The number of fused-ring (bicyclic) bond motifs is 2. The van der Waals surface area contributed by atoms with Gasteiger partial charge in [0, 0.05) is 17.7 Å². The van der Waals surface area contributed by atoms with Crippen molar-refractivity contribution in [1.29, 1.82) is 0 Å². The molecule has 2 heterocycles. The Morgan fingerprint density at radius 3 is 2.68 bits per heavy atom. The van der Waals surface area contributed by atoms with Gasteiger partial charge in [-0.05, 0) is 43.7 Å². The van der Waals surface area contributed by atoms with Crippen molar-refractivity contribution in [3.63, 3.8) is 0 Å². The summed E-state index contributed by atoms with van der Waals surface area (Å²) < 4.78 is 33.8. The first-order valence-corrected chi connectivity index (χ1v) is 11.3. The number of rotatable bonds is 10. The highest BCUT2D eigenvalue weighted by Gasteiger charge is 2.49. The Bertz CT molecular complexity index is 818. The first-order valence-electron chi connectivity index (χ1n) is 9.72. The van der Waals surface area contributed by atoms with Gasteiger partial charge in [0.05, 0.1) is 18.2 Å². The lowest BCUT2D eigenvalue weighted by molar-refractivity contribution is -0.137. The lowest BCUT2D eigenvalue weighted by atomic mass is 9.83. The van der Waals surface area contributed by atoms with Crippen molar-refractivity contribution in [3.8, 4) is 0 Å². The van der Waals surface area contributed by atoms with E-state index in [-0.39, 0.29) is 30.6 Å². The van der Waals surface area contributed by atoms with Crippen LogP contribution in [0, 0.1) is 5.92 Å². The molecule has 4 atom stereocenters. The molecule has 2 fully saturated rings. The summed E-state index contributed by atoms with van der Waals surface area (Å²) in [7, 11) is -3.57. The van der Waals surface area contributed by atoms with Crippen molar-refractivity contribution in [3.05, 3.63) is 53.5 Å². The molecular formula is C21H27NO5S. The predicted molar refractivity (Wildman–Crippen MR) is 108 cm³/mol. The molecule has 1 aromatic carbocycles. The van der Waals surface area contributed by atoms with E-state index < -0.39 is 16.0 Å². The van der Waals surface area contributed by atoms with E-state index in [1.54, 1.807) is 6.08 Å². The third kappa shape index (κ3) is 5.77. The smallest absolute Gasteiger partial charge is 0.303 e. The van der Waals surface area contributed by atoms with Crippen molar-refractivity contribution in [2.75, 3.05) is 0 Å². The number of aliphatic carboxylic acids is 1. The van der Waals surface area contributed by atoms with E-state index in [2.05, 4.69) is 4.72 Å². The number of sulfonamides is 1. The molecule has 28 heavy (non-hydrogen) atoms. The standard InChI is InChI=1S/C21H27NO5S/c23-20(24)11-7-2-1-6-10-17-18-12-13-19(27-18)21(17)22-28(25,26)15-14-16-8-4-3-5-9-16/h1,3-6,8-9,14-15,17-19,21-22H,2,7,10-13H2,(H,23,24). The maximum Gasteiger partial charge on any atom is 0.303 e. The summed E-state index contributed by atoms with van der Waals surface area (Å²) in [6.07, 6.45) is 9.65. The zero-order valence-corrected chi connectivity index (χ0v) is 16.6. The van der Waals surface area contributed by atoms with Crippen LogP contribution in [0.15, 0.2) is 47.9 Å². The van der Waals surface area contributed by atoms with Crippen molar-refractivity contribution < 1.29 is 23.1 Å². The van der Waals surface area contributed by atoms with Gasteiger partial charge in [-0.1, -0.05) is 42.5 Å². The zero-order valence-electron chi connectivity index (χ0n) is 15.7. The minimum Gasteiger partial charge on any atom is -0.481 e. The number of unbranched alkanes of at least 4 members (excludes halogenated alkanes) is 1. The average molecular weight is 406 g/mol. The van der Waals surface area contributed by atoms with Gasteiger partial charge in [0.15, 0.2) is 0 Å². The molecule has 4 unspecified atom stereocenters. The number of nitrogens with one attached hydrogen (secondary N) is 1. The van der Waals surface area contributed by atoms with Gasteiger partial charge in [-0.15, -0.1) is 0 Å². The van der Waals surface area contributed by atoms with Gasteiger partial charge >= 0.3 is 5.97 Å². The molecule has 0 amide bonds. The minimum absolute atomic E-state index is 0.0738. The van der Waals surface area contributed by atoms with Gasteiger partial charge in [-0.25, -0.2) is 13.1 Å². The van der Waals surface area contributed by atoms with Crippen LogP contribution in [0.5, 0.6) is 0 Å². The Hall–Kier alpha value is -1.96. The van der Waals surface area contributed by atoms with Crippen molar-refractivity contribution in [2.45, 2.75) is 56.8 Å². The van der Waals surface area contributed by atoms with Gasteiger partial charge in [-0.2, -0.15) is 0 Å². The summed E-state index contributed by atoms with van der Waals surface area (Å²) >= 11 is 0. The summed E-state index contributed by atoms with van der Waals surface area (Å²) in [6, 6.07) is 9.09.